The number of piperazine rings is 1. The number of anilines is 3. The highest BCUT2D eigenvalue weighted by atomic mass is 19.1. The minimum atomic E-state index is -0.254. The predicted molar refractivity (Wildman–Crippen MR) is 182 cm³/mol. The lowest BCUT2D eigenvalue weighted by Crippen LogP contribution is -2.46. The summed E-state index contributed by atoms with van der Waals surface area (Å²) in [6.07, 6.45) is 8.14. The van der Waals surface area contributed by atoms with Gasteiger partial charge in [-0.25, -0.2) is 24.3 Å². The van der Waals surface area contributed by atoms with E-state index in [4.69, 9.17) is 10.7 Å². The van der Waals surface area contributed by atoms with Gasteiger partial charge in [-0.15, -0.1) is 0 Å². The Kier molecular flexibility index (Phi) is 8.49. The first-order valence-electron chi connectivity index (χ1n) is 16.1. The number of hydrogen-bond donors (Lipinski definition) is 1. The van der Waals surface area contributed by atoms with E-state index in [0.717, 1.165) is 86.2 Å². The van der Waals surface area contributed by atoms with E-state index in [-0.39, 0.29) is 5.82 Å². The molecule has 0 radical (unpaired) electrons. The molecule has 234 valence electrons. The zero-order chi connectivity index (χ0) is 31.5. The van der Waals surface area contributed by atoms with E-state index in [0.29, 0.717) is 22.8 Å². The zero-order valence-corrected chi connectivity index (χ0v) is 26.2. The van der Waals surface area contributed by atoms with E-state index in [1.165, 1.54) is 19.3 Å². The van der Waals surface area contributed by atoms with Gasteiger partial charge in [0.05, 0.1) is 17.1 Å². The van der Waals surface area contributed by atoms with Crippen LogP contribution in [0.25, 0.3) is 28.1 Å². The van der Waals surface area contributed by atoms with Crippen LogP contribution in [0.1, 0.15) is 37.1 Å². The van der Waals surface area contributed by atoms with E-state index in [1.807, 2.05) is 48.0 Å². The summed E-state index contributed by atoms with van der Waals surface area (Å²) in [5.74, 6) is 8.55. The van der Waals surface area contributed by atoms with Crippen LogP contribution in [0.3, 0.4) is 0 Å². The van der Waals surface area contributed by atoms with Crippen LogP contribution in [-0.4, -0.2) is 75.2 Å². The van der Waals surface area contributed by atoms with Crippen LogP contribution >= 0.6 is 0 Å². The third-order valence-electron chi connectivity index (χ3n) is 8.87. The normalized spacial score (nSPS) is 15.6. The Morgan fingerprint density at radius 3 is 2.46 bits per heavy atom. The molecule has 5 aromatic rings. The molecule has 0 bridgehead atoms. The number of hydrogen-bond acceptors (Lipinski definition) is 8. The summed E-state index contributed by atoms with van der Waals surface area (Å²) in [7, 11) is 0. The molecular formula is C36H38FN9. The molecule has 2 N–H and O–H groups in total. The molecule has 0 saturated carbocycles. The lowest BCUT2D eigenvalue weighted by Gasteiger charge is -2.36. The third-order valence-corrected chi connectivity index (χ3v) is 8.87. The fourth-order valence-corrected chi connectivity index (χ4v) is 6.40. The Morgan fingerprint density at radius 2 is 1.70 bits per heavy atom. The van der Waals surface area contributed by atoms with Crippen molar-refractivity contribution in [3.8, 4) is 28.8 Å². The highest BCUT2D eigenvalue weighted by Gasteiger charge is 2.21. The molecule has 2 saturated heterocycles. The maximum absolute atomic E-state index is 15.6. The molecule has 0 amide bonds. The highest BCUT2D eigenvalue weighted by molar-refractivity contribution is 5.78. The second kappa shape index (κ2) is 13.2. The number of aromatic nitrogens is 5. The SMILES string of the molecule is Cc1nc2ccc(-c3ccnc(N)c3)nc2n1-c1ccc(N2CCN(CCC#Cc3ccc(N4CCCCC4)nc3)CC2)c(F)c1. The molecule has 2 fully saturated rings. The molecule has 6 heterocycles. The molecule has 2 aliphatic rings. The van der Waals surface area contributed by atoms with Crippen LogP contribution < -0.4 is 15.5 Å². The quantitative estimate of drug-likeness (QED) is 0.252. The molecular weight excluding hydrogens is 577 g/mol. The summed E-state index contributed by atoms with van der Waals surface area (Å²) in [6, 6.07) is 17.1. The van der Waals surface area contributed by atoms with Crippen molar-refractivity contribution in [2.75, 3.05) is 61.3 Å². The number of fused-ring (bicyclic) bond motifs is 1. The van der Waals surface area contributed by atoms with Gasteiger partial charge in [-0.2, -0.15) is 0 Å². The summed E-state index contributed by atoms with van der Waals surface area (Å²) in [6.45, 7) is 8.25. The zero-order valence-electron chi connectivity index (χ0n) is 26.2. The predicted octanol–water partition coefficient (Wildman–Crippen LogP) is 5.46. The van der Waals surface area contributed by atoms with E-state index in [1.54, 1.807) is 18.3 Å². The van der Waals surface area contributed by atoms with Gasteiger partial charge in [0.15, 0.2) is 5.65 Å². The van der Waals surface area contributed by atoms with Gasteiger partial charge < -0.3 is 15.5 Å². The van der Waals surface area contributed by atoms with Gasteiger partial charge >= 0.3 is 0 Å². The minimum Gasteiger partial charge on any atom is -0.384 e. The molecule has 46 heavy (non-hydrogen) atoms. The first-order chi connectivity index (χ1) is 22.5. The monoisotopic (exact) mass is 615 g/mol. The summed E-state index contributed by atoms with van der Waals surface area (Å²) >= 11 is 0. The minimum absolute atomic E-state index is 0.254. The van der Waals surface area contributed by atoms with Crippen LogP contribution in [-0.2, 0) is 0 Å². The van der Waals surface area contributed by atoms with E-state index < -0.39 is 0 Å². The number of rotatable bonds is 6. The number of nitrogen functional groups attached to an aromatic ring is 1. The van der Waals surface area contributed by atoms with Crippen molar-refractivity contribution < 1.29 is 4.39 Å². The molecule has 2 aliphatic heterocycles. The van der Waals surface area contributed by atoms with Crippen LogP contribution in [0.4, 0.5) is 21.7 Å². The van der Waals surface area contributed by atoms with E-state index in [2.05, 4.69) is 53.6 Å². The largest absolute Gasteiger partial charge is 0.384 e. The fourth-order valence-electron chi connectivity index (χ4n) is 6.40. The summed E-state index contributed by atoms with van der Waals surface area (Å²) in [5, 5.41) is 0. The van der Waals surface area contributed by atoms with Gasteiger partial charge in [-0.1, -0.05) is 11.8 Å². The topological polar surface area (TPSA) is 92.2 Å². The Bertz CT molecular complexity index is 1890. The van der Waals surface area contributed by atoms with Crippen LogP contribution in [0.2, 0.25) is 0 Å². The lowest BCUT2D eigenvalue weighted by molar-refractivity contribution is 0.263. The maximum Gasteiger partial charge on any atom is 0.165 e. The van der Waals surface area contributed by atoms with Gasteiger partial charge in [0.25, 0.3) is 0 Å². The van der Waals surface area contributed by atoms with Gasteiger partial charge in [0.1, 0.15) is 28.8 Å². The molecule has 0 atom stereocenters. The number of pyridine rings is 3. The smallest absolute Gasteiger partial charge is 0.165 e. The lowest BCUT2D eigenvalue weighted by atomic mass is 10.1. The Labute approximate surface area is 268 Å². The maximum atomic E-state index is 15.6. The van der Waals surface area contributed by atoms with Gasteiger partial charge in [0.2, 0.25) is 0 Å². The van der Waals surface area contributed by atoms with Crippen molar-refractivity contribution in [1.29, 1.82) is 0 Å². The Morgan fingerprint density at radius 1 is 0.848 bits per heavy atom. The van der Waals surface area contributed by atoms with Gasteiger partial charge in [0, 0.05) is 81.8 Å². The molecule has 7 rings (SSSR count). The number of imidazole rings is 1. The van der Waals surface area contributed by atoms with E-state index >= 15 is 4.39 Å². The summed E-state index contributed by atoms with van der Waals surface area (Å²) < 4.78 is 17.5. The van der Waals surface area contributed by atoms with Crippen LogP contribution in [0.15, 0.2) is 67.0 Å². The summed E-state index contributed by atoms with van der Waals surface area (Å²) in [4.78, 5) is 25.1. The summed E-state index contributed by atoms with van der Waals surface area (Å²) in [5.41, 5.74) is 11.2. The van der Waals surface area contributed by atoms with Crippen molar-refractivity contribution >= 4 is 28.5 Å². The molecule has 4 aromatic heterocycles. The molecule has 9 nitrogen and oxygen atoms in total. The number of aryl methyl sites for hydroxylation is 1. The Hall–Kier alpha value is -5.01. The first-order valence-corrected chi connectivity index (χ1v) is 16.1. The van der Waals surface area contributed by atoms with Crippen molar-refractivity contribution in [2.24, 2.45) is 0 Å². The number of benzene rings is 1. The Balaban J connectivity index is 0.965. The average Bonchev–Trinajstić information content (AvgIpc) is 3.42. The van der Waals surface area contributed by atoms with Crippen LogP contribution in [0, 0.1) is 24.6 Å². The number of nitrogens with zero attached hydrogens (tertiary/aromatic N) is 8. The third kappa shape index (κ3) is 6.37. The van der Waals surface area contributed by atoms with Crippen LogP contribution in [0.5, 0.6) is 0 Å². The van der Waals surface area contributed by atoms with Crippen molar-refractivity contribution in [1.82, 2.24) is 29.4 Å². The second-order valence-corrected chi connectivity index (χ2v) is 12.0. The average molecular weight is 616 g/mol. The number of halogens is 1. The van der Waals surface area contributed by atoms with Crippen molar-refractivity contribution in [2.45, 2.75) is 32.6 Å². The molecule has 0 spiro atoms. The van der Waals surface area contributed by atoms with E-state index in [9.17, 15) is 0 Å². The molecule has 10 heteroatoms. The van der Waals surface area contributed by atoms with Crippen molar-refractivity contribution in [3.05, 3.63) is 84.2 Å². The molecule has 1 aromatic carbocycles. The number of nitrogens with two attached hydrogens (primary N) is 1. The van der Waals surface area contributed by atoms with Gasteiger partial charge in [-0.3, -0.25) is 9.47 Å². The fraction of sp³-hybridized carbons (Fsp3) is 0.333. The molecule has 0 unspecified atom stereocenters. The van der Waals surface area contributed by atoms with Gasteiger partial charge in [-0.05, 0) is 74.7 Å². The first kappa shape index (κ1) is 29.7. The number of piperidine rings is 1. The highest BCUT2D eigenvalue weighted by Crippen LogP contribution is 2.28. The standard InChI is InChI=1S/C36H38FN9/c1-26-41-32-11-10-31(28-14-15-39-34(38)23-28)42-36(32)46(26)29-9-12-33(30(37)24-29)44-21-19-43(20-22-44)16-6-3-7-27-8-13-35(40-25-27)45-17-4-2-5-18-45/h8-15,23-25H,2,4-6,16-22H2,1H3,(H2,38,39). The van der Waals surface area contributed by atoms with Crippen molar-refractivity contribution in [3.63, 3.8) is 0 Å². The second-order valence-electron chi connectivity index (χ2n) is 12.0. The molecule has 0 aliphatic carbocycles.